The summed E-state index contributed by atoms with van der Waals surface area (Å²) < 4.78 is 6.73. The van der Waals surface area contributed by atoms with Crippen molar-refractivity contribution in [2.24, 2.45) is 13.0 Å². The van der Waals surface area contributed by atoms with Gasteiger partial charge in [0, 0.05) is 20.1 Å². The molecule has 7 heteroatoms. The number of likely N-dealkylation sites (tertiary alicyclic amines) is 1. The molecule has 0 aliphatic carbocycles. The van der Waals surface area contributed by atoms with E-state index in [0.29, 0.717) is 36.5 Å². The van der Waals surface area contributed by atoms with Gasteiger partial charge in [0.1, 0.15) is 5.56 Å². The average Bonchev–Trinajstić information content (AvgIpc) is 2.71. The van der Waals surface area contributed by atoms with E-state index in [-0.39, 0.29) is 12.5 Å². The highest BCUT2D eigenvalue weighted by molar-refractivity contribution is 5.98. The molecule has 0 aromatic carbocycles. The molecule has 1 atom stereocenters. The van der Waals surface area contributed by atoms with E-state index in [1.807, 2.05) is 0 Å². The fourth-order valence-corrected chi connectivity index (χ4v) is 2.64. The summed E-state index contributed by atoms with van der Waals surface area (Å²) in [4.78, 5) is 25.2. The lowest BCUT2D eigenvalue weighted by Gasteiger charge is -2.30. The van der Waals surface area contributed by atoms with Gasteiger partial charge in [-0.3, -0.25) is 9.59 Å². The number of carbonyl (C=O) groups is 2. The third-order valence-electron chi connectivity index (χ3n) is 3.63. The minimum absolute atomic E-state index is 0.210. The lowest BCUT2D eigenvalue weighted by atomic mass is 9.97. The molecule has 0 spiro atoms. The molecule has 1 aromatic heterocycles. The monoisotopic (exact) mass is 281 g/mol. The number of ether oxygens (including phenoxy) is 1. The molecule has 7 nitrogen and oxygen atoms in total. The quantitative estimate of drug-likeness (QED) is 0.880. The lowest BCUT2D eigenvalue weighted by molar-refractivity contribution is -0.143. The molecule has 0 saturated carbocycles. The molecule has 0 unspecified atom stereocenters. The maximum atomic E-state index is 12.6. The zero-order valence-electron chi connectivity index (χ0n) is 11.9. The van der Waals surface area contributed by atoms with Crippen molar-refractivity contribution in [3.63, 3.8) is 0 Å². The van der Waals surface area contributed by atoms with Gasteiger partial charge < -0.3 is 14.7 Å². The first-order valence-electron chi connectivity index (χ1n) is 6.55. The van der Waals surface area contributed by atoms with Gasteiger partial charge in [-0.25, -0.2) is 4.68 Å². The molecule has 1 aromatic rings. The summed E-state index contributed by atoms with van der Waals surface area (Å²) in [5.41, 5.74) is 1.01. The average molecular weight is 281 g/mol. The van der Waals surface area contributed by atoms with Crippen LogP contribution in [0, 0.1) is 12.8 Å². The highest BCUT2D eigenvalue weighted by Gasteiger charge is 2.32. The van der Waals surface area contributed by atoms with E-state index in [1.165, 1.54) is 11.8 Å². The normalized spacial score (nSPS) is 18.9. The van der Waals surface area contributed by atoms with Crippen LogP contribution in [0.25, 0.3) is 0 Å². The lowest BCUT2D eigenvalue weighted by Crippen LogP contribution is -2.42. The van der Waals surface area contributed by atoms with E-state index in [2.05, 4.69) is 5.10 Å². The fourth-order valence-electron chi connectivity index (χ4n) is 2.64. The molecule has 1 fully saturated rings. The van der Waals surface area contributed by atoms with E-state index >= 15 is 0 Å². The highest BCUT2D eigenvalue weighted by Crippen LogP contribution is 2.25. The molecule has 110 valence electrons. The Kier molecular flexibility index (Phi) is 3.96. The number of carboxylic acid groups (broad SMARTS) is 1. The van der Waals surface area contributed by atoms with Gasteiger partial charge in [-0.2, -0.15) is 5.10 Å². The summed E-state index contributed by atoms with van der Waals surface area (Å²) in [6.45, 7) is 2.56. The zero-order valence-corrected chi connectivity index (χ0v) is 11.9. The van der Waals surface area contributed by atoms with Crippen LogP contribution in [-0.4, -0.2) is 51.9 Å². The minimum Gasteiger partial charge on any atom is -0.481 e. The first kappa shape index (κ1) is 14.4. The molecule has 0 bridgehead atoms. The van der Waals surface area contributed by atoms with Crippen molar-refractivity contribution in [2.75, 3.05) is 20.2 Å². The van der Waals surface area contributed by atoms with Crippen LogP contribution in [0.2, 0.25) is 0 Å². The van der Waals surface area contributed by atoms with Crippen LogP contribution in [0.15, 0.2) is 0 Å². The molecule has 20 heavy (non-hydrogen) atoms. The van der Waals surface area contributed by atoms with E-state index in [9.17, 15) is 9.59 Å². The summed E-state index contributed by atoms with van der Waals surface area (Å²) in [7, 11) is 3.20. The molecule has 1 aliphatic heterocycles. The number of nitrogens with zero attached hydrogens (tertiary/aromatic N) is 3. The number of amides is 1. The van der Waals surface area contributed by atoms with E-state index < -0.39 is 11.9 Å². The summed E-state index contributed by atoms with van der Waals surface area (Å²) >= 11 is 0. The summed E-state index contributed by atoms with van der Waals surface area (Å²) in [6, 6.07) is 0. The van der Waals surface area contributed by atoms with Crippen LogP contribution in [0.3, 0.4) is 0 Å². The largest absolute Gasteiger partial charge is 0.481 e. The van der Waals surface area contributed by atoms with Gasteiger partial charge in [0.25, 0.3) is 5.91 Å². The summed E-state index contributed by atoms with van der Waals surface area (Å²) in [5.74, 6) is -1.14. The van der Waals surface area contributed by atoms with Gasteiger partial charge in [0.15, 0.2) is 0 Å². The first-order chi connectivity index (χ1) is 9.45. The zero-order chi connectivity index (χ0) is 14.9. The maximum absolute atomic E-state index is 12.6. The van der Waals surface area contributed by atoms with Gasteiger partial charge in [-0.1, -0.05) is 0 Å². The van der Waals surface area contributed by atoms with E-state index in [0.717, 1.165) is 0 Å². The van der Waals surface area contributed by atoms with Crippen molar-refractivity contribution in [3.05, 3.63) is 11.3 Å². The van der Waals surface area contributed by atoms with Crippen molar-refractivity contribution in [3.8, 4) is 5.88 Å². The molecule has 1 aliphatic rings. The molecule has 0 radical (unpaired) electrons. The van der Waals surface area contributed by atoms with Crippen LogP contribution in [0.5, 0.6) is 5.88 Å². The number of carboxylic acids is 1. The second-order valence-corrected chi connectivity index (χ2v) is 5.02. The fraction of sp³-hybridized carbons (Fsp3) is 0.615. The Morgan fingerprint density at radius 3 is 2.75 bits per heavy atom. The van der Waals surface area contributed by atoms with Crippen LogP contribution in [-0.2, 0) is 11.8 Å². The van der Waals surface area contributed by atoms with Crippen LogP contribution in [0.1, 0.15) is 28.9 Å². The minimum atomic E-state index is -0.850. The summed E-state index contributed by atoms with van der Waals surface area (Å²) in [5, 5.41) is 13.3. The van der Waals surface area contributed by atoms with Crippen molar-refractivity contribution in [2.45, 2.75) is 19.8 Å². The van der Waals surface area contributed by atoms with Crippen LogP contribution in [0.4, 0.5) is 0 Å². The van der Waals surface area contributed by atoms with Crippen molar-refractivity contribution >= 4 is 11.9 Å². The second kappa shape index (κ2) is 5.52. The Labute approximate surface area is 117 Å². The molecule has 1 saturated heterocycles. The highest BCUT2D eigenvalue weighted by atomic mass is 16.5. The van der Waals surface area contributed by atoms with Gasteiger partial charge >= 0.3 is 5.97 Å². The standard InChI is InChI=1S/C13H19N3O4/c1-8-10(12(20-3)15(2)14-8)11(17)16-6-4-5-9(7-16)13(18)19/h9H,4-7H2,1-3H3,(H,18,19)/t9-/m0/s1. The molecule has 1 N–H and O–H groups in total. The summed E-state index contributed by atoms with van der Waals surface area (Å²) in [6.07, 6.45) is 1.31. The molecule has 2 rings (SSSR count). The van der Waals surface area contributed by atoms with Gasteiger partial charge in [0.2, 0.25) is 5.88 Å². The Balaban J connectivity index is 2.25. The number of carbonyl (C=O) groups excluding carboxylic acids is 1. The molecule has 1 amide bonds. The van der Waals surface area contributed by atoms with Crippen molar-refractivity contribution in [1.29, 1.82) is 0 Å². The number of methoxy groups -OCH3 is 1. The predicted molar refractivity (Wildman–Crippen MR) is 70.8 cm³/mol. The van der Waals surface area contributed by atoms with Crippen LogP contribution >= 0.6 is 0 Å². The van der Waals surface area contributed by atoms with E-state index in [1.54, 1.807) is 18.9 Å². The van der Waals surface area contributed by atoms with Gasteiger partial charge in [0.05, 0.1) is 18.7 Å². The topological polar surface area (TPSA) is 84.7 Å². The Hall–Kier alpha value is -2.05. The molecular formula is C13H19N3O4. The Morgan fingerprint density at radius 1 is 1.45 bits per heavy atom. The number of hydrogen-bond acceptors (Lipinski definition) is 4. The molecular weight excluding hydrogens is 262 g/mol. The number of rotatable bonds is 3. The number of aryl methyl sites for hydroxylation is 2. The number of aliphatic carboxylic acids is 1. The third kappa shape index (κ3) is 2.48. The van der Waals surface area contributed by atoms with Gasteiger partial charge in [-0.05, 0) is 19.8 Å². The smallest absolute Gasteiger partial charge is 0.308 e. The third-order valence-corrected chi connectivity index (χ3v) is 3.63. The Morgan fingerprint density at radius 2 is 2.15 bits per heavy atom. The number of hydrogen-bond donors (Lipinski definition) is 1. The second-order valence-electron chi connectivity index (χ2n) is 5.02. The van der Waals surface area contributed by atoms with Gasteiger partial charge in [-0.15, -0.1) is 0 Å². The van der Waals surface area contributed by atoms with Crippen molar-refractivity contribution in [1.82, 2.24) is 14.7 Å². The number of aromatic nitrogens is 2. The Bertz CT molecular complexity index is 538. The number of piperidine rings is 1. The first-order valence-corrected chi connectivity index (χ1v) is 6.55. The van der Waals surface area contributed by atoms with E-state index in [4.69, 9.17) is 9.84 Å². The predicted octanol–water partition coefficient (Wildman–Crippen LogP) is 0.674. The SMILES string of the molecule is COc1c(C(=O)N2CCC[C@H](C(=O)O)C2)c(C)nn1C. The molecule has 2 heterocycles. The van der Waals surface area contributed by atoms with Crippen molar-refractivity contribution < 1.29 is 19.4 Å². The van der Waals surface area contributed by atoms with Crippen LogP contribution < -0.4 is 4.74 Å². The maximum Gasteiger partial charge on any atom is 0.308 e.